The summed E-state index contributed by atoms with van der Waals surface area (Å²) >= 11 is 0. The second kappa shape index (κ2) is 12.5. The van der Waals surface area contributed by atoms with Gasteiger partial charge in [-0.25, -0.2) is 8.42 Å². The molecule has 4 rings (SSSR count). The third-order valence-corrected chi connectivity index (χ3v) is 9.99. The van der Waals surface area contributed by atoms with Crippen LogP contribution >= 0.6 is 0 Å². The Morgan fingerprint density at radius 1 is 1.10 bits per heavy atom. The van der Waals surface area contributed by atoms with Crippen molar-refractivity contribution in [2.24, 2.45) is 5.92 Å². The van der Waals surface area contributed by atoms with E-state index >= 15 is 0 Å². The first kappa shape index (κ1) is 29.0. The van der Waals surface area contributed by atoms with Crippen molar-refractivity contribution in [1.82, 2.24) is 14.1 Å². The molecule has 4 unspecified atom stereocenters. The SMILES string of the molecule is CC1C(COc2cccc(NC(=O)CN3CC(C)N(S(=O)(=O)c4cccc(C#N)c4)C(C)C3)c2)CCCN1C. The highest BCUT2D eigenvalue weighted by Gasteiger charge is 2.39. The molecule has 4 atom stereocenters. The summed E-state index contributed by atoms with van der Waals surface area (Å²) < 4.78 is 34.3. The van der Waals surface area contributed by atoms with Crippen molar-refractivity contribution in [3.8, 4) is 11.8 Å². The Morgan fingerprint density at radius 2 is 1.82 bits per heavy atom. The molecule has 0 spiro atoms. The van der Waals surface area contributed by atoms with E-state index in [0.29, 0.717) is 42.9 Å². The van der Waals surface area contributed by atoms with Crippen molar-refractivity contribution >= 4 is 21.6 Å². The maximum absolute atomic E-state index is 13.4. The second-order valence-electron chi connectivity index (χ2n) is 10.9. The van der Waals surface area contributed by atoms with Crippen LogP contribution in [0.15, 0.2) is 53.4 Å². The van der Waals surface area contributed by atoms with Gasteiger partial charge in [-0.1, -0.05) is 12.1 Å². The second-order valence-corrected chi connectivity index (χ2v) is 12.7. The van der Waals surface area contributed by atoms with Gasteiger partial charge in [-0.05, 0) is 77.5 Å². The van der Waals surface area contributed by atoms with Gasteiger partial charge in [0.05, 0.1) is 29.7 Å². The van der Waals surface area contributed by atoms with Gasteiger partial charge in [0, 0.05) is 48.9 Å². The minimum atomic E-state index is -3.78. The largest absolute Gasteiger partial charge is 0.493 e. The van der Waals surface area contributed by atoms with Gasteiger partial charge in [-0.2, -0.15) is 9.57 Å². The molecule has 2 aromatic rings. The highest BCUT2D eigenvalue weighted by molar-refractivity contribution is 7.89. The molecule has 10 heteroatoms. The Kier molecular flexibility index (Phi) is 9.28. The number of nitrogens with zero attached hydrogens (tertiary/aromatic N) is 4. The number of piperazine rings is 1. The van der Waals surface area contributed by atoms with Crippen LogP contribution in [0.3, 0.4) is 0 Å². The molecule has 0 saturated carbocycles. The summed E-state index contributed by atoms with van der Waals surface area (Å²) in [5.41, 5.74) is 0.975. The zero-order chi connectivity index (χ0) is 28.2. The molecular weight excluding hydrogens is 514 g/mol. The van der Waals surface area contributed by atoms with Gasteiger partial charge in [-0.3, -0.25) is 9.69 Å². The van der Waals surface area contributed by atoms with Crippen LogP contribution in [-0.2, 0) is 14.8 Å². The molecule has 2 aromatic carbocycles. The molecule has 1 N–H and O–H groups in total. The van der Waals surface area contributed by atoms with Crippen molar-refractivity contribution in [3.63, 3.8) is 0 Å². The predicted octanol–water partition coefficient (Wildman–Crippen LogP) is 3.39. The smallest absolute Gasteiger partial charge is 0.243 e. The predicted molar refractivity (Wildman–Crippen MR) is 151 cm³/mol. The number of likely N-dealkylation sites (tertiary alicyclic amines) is 1. The highest BCUT2D eigenvalue weighted by Crippen LogP contribution is 2.27. The molecule has 0 aromatic heterocycles. The highest BCUT2D eigenvalue weighted by atomic mass is 32.2. The van der Waals surface area contributed by atoms with E-state index in [1.807, 2.05) is 49.1 Å². The van der Waals surface area contributed by atoms with Crippen LogP contribution in [0.25, 0.3) is 0 Å². The van der Waals surface area contributed by atoms with Gasteiger partial charge in [-0.15, -0.1) is 0 Å². The van der Waals surface area contributed by atoms with Crippen molar-refractivity contribution < 1.29 is 17.9 Å². The number of rotatable bonds is 8. The Bertz CT molecular complexity index is 1300. The molecule has 0 radical (unpaired) electrons. The van der Waals surface area contributed by atoms with E-state index < -0.39 is 10.0 Å². The third kappa shape index (κ3) is 6.97. The first-order chi connectivity index (χ1) is 18.6. The fourth-order valence-corrected chi connectivity index (χ4v) is 7.62. The lowest BCUT2D eigenvalue weighted by Gasteiger charge is -2.43. The van der Waals surface area contributed by atoms with Gasteiger partial charge in [0.15, 0.2) is 0 Å². The number of benzene rings is 2. The van der Waals surface area contributed by atoms with Crippen LogP contribution in [0.1, 0.15) is 39.2 Å². The van der Waals surface area contributed by atoms with Crippen LogP contribution in [0.2, 0.25) is 0 Å². The maximum atomic E-state index is 13.4. The fraction of sp³-hybridized carbons (Fsp3) is 0.517. The minimum Gasteiger partial charge on any atom is -0.493 e. The van der Waals surface area contributed by atoms with Crippen LogP contribution in [0, 0.1) is 17.2 Å². The number of hydrogen-bond acceptors (Lipinski definition) is 7. The molecule has 0 aliphatic carbocycles. The lowest BCUT2D eigenvalue weighted by atomic mass is 9.91. The molecule has 2 saturated heterocycles. The van der Waals surface area contributed by atoms with Gasteiger partial charge in [0.2, 0.25) is 15.9 Å². The molecular formula is C29H39N5O4S. The molecule has 0 bridgehead atoms. The molecule has 2 aliphatic rings. The van der Waals surface area contributed by atoms with Crippen molar-refractivity contribution in [3.05, 3.63) is 54.1 Å². The number of anilines is 1. The van der Waals surface area contributed by atoms with Crippen LogP contribution in [0.5, 0.6) is 5.75 Å². The van der Waals surface area contributed by atoms with Crippen molar-refractivity contribution in [2.45, 2.75) is 56.6 Å². The van der Waals surface area contributed by atoms with Crippen molar-refractivity contribution in [1.29, 1.82) is 5.26 Å². The molecule has 9 nitrogen and oxygen atoms in total. The average Bonchev–Trinajstić information content (AvgIpc) is 2.89. The topological polar surface area (TPSA) is 106 Å². The Morgan fingerprint density at radius 3 is 2.54 bits per heavy atom. The van der Waals surface area contributed by atoms with E-state index in [-0.39, 0.29) is 29.4 Å². The van der Waals surface area contributed by atoms with E-state index in [4.69, 9.17) is 10.00 Å². The quantitative estimate of drug-likeness (QED) is 0.534. The molecule has 210 valence electrons. The number of sulfonamides is 1. The Labute approximate surface area is 232 Å². The van der Waals surface area contributed by atoms with Gasteiger partial charge in [0.1, 0.15) is 5.75 Å². The minimum absolute atomic E-state index is 0.110. The van der Waals surface area contributed by atoms with Crippen LogP contribution < -0.4 is 10.1 Å². The molecule has 39 heavy (non-hydrogen) atoms. The summed E-state index contributed by atoms with van der Waals surface area (Å²) in [7, 11) is -1.63. The Balaban J connectivity index is 1.32. The lowest BCUT2D eigenvalue weighted by molar-refractivity contribution is -0.118. The summed E-state index contributed by atoms with van der Waals surface area (Å²) in [5.74, 6) is 1.05. The molecule has 2 fully saturated rings. The number of amides is 1. The summed E-state index contributed by atoms with van der Waals surface area (Å²) in [4.78, 5) is 17.4. The standard InChI is InChI=1S/C29H39N5O4S/c1-21-17-33(18-22(2)34(21)39(36,37)28-12-5-8-24(14-28)16-30)19-29(35)31-26-10-6-11-27(15-26)38-20-25-9-7-13-32(4)23(25)3/h5-6,8,10-12,14-15,21-23,25H,7,9,13,17-20H2,1-4H3,(H,31,35). The number of hydrogen-bond donors (Lipinski definition) is 1. The molecule has 1 amide bonds. The van der Waals surface area contributed by atoms with Gasteiger partial charge < -0.3 is 15.0 Å². The first-order valence-corrected chi connectivity index (χ1v) is 15.0. The van der Waals surface area contributed by atoms with E-state index in [0.717, 1.165) is 18.7 Å². The zero-order valence-corrected chi connectivity index (χ0v) is 24.0. The lowest BCUT2D eigenvalue weighted by Crippen LogP contribution is -2.59. The van der Waals surface area contributed by atoms with E-state index in [9.17, 15) is 13.2 Å². The third-order valence-electron chi connectivity index (χ3n) is 7.86. The number of ether oxygens (including phenoxy) is 1. The van der Waals surface area contributed by atoms with E-state index in [1.165, 1.54) is 22.9 Å². The normalized spacial score (nSPS) is 25.1. The molecule has 2 heterocycles. The van der Waals surface area contributed by atoms with E-state index in [2.05, 4.69) is 24.2 Å². The number of nitrogens with one attached hydrogen (secondary N) is 1. The maximum Gasteiger partial charge on any atom is 0.243 e. The Hall–Kier alpha value is -2.97. The number of carbonyl (C=O) groups excluding carboxylic acids is 1. The number of piperidine rings is 1. The van der Waals surface area contributed by atoms with E-state index in [1.54, 1.807) is 12.1 Å². The summed E-state index contributed by atoms with van der Waals surface area (Å²) in [6.07, 6.45) is 2.33. The molecule has 2 aliphatic heterocycles. The van der Waals surface area contributed by atoms with Crippen LogP contribution in [0.4, 0.5) is 5.69 Å². The van der Waals surface area contributed by atoms with Gasteiger partial charge in [0.25, 0.3) is 0 Å². The number of carbonyl (C=O) groups is 1. The van der Waals surface area contributed by atoms with Gasteiger partial charge >= 0.3 is 0 Å². The summed E-state index contributed by atoms with van der Waals surface area (Å²) in [6.45, 7) is 8.70. The average molecular weight is 554 g/mol. The summed E-state index contributed by atoms with van der Waals surface area (Å²) in [6, 6.07) is 15.3. The summed E-state index contributed by atoms with van der Waals surface area (Å²) in [5, 5.41) is 12.1. The first-order valence-electron chi connectivity index (χ1n) is 13.6. The monoisotopic (exact) mass is 553 g/mol. The number of nitriles is 1. The zero-order valence-electron chi connectivity index (χ0n) is 23.2. The fourth-order valence-electron chi connectivity index (χ4n) is 5.77. The van der Waals surface area contributed by atoms with Crippen molar-refractivity contribution in [2.75, 3.05) is 45.2 Å². The van der Waals surface area contributed by atoms with Crippen LogP contribution in [-0.4, -0.2) is 86.4 Å².